The van der Waals surface area contributed by atoms with Crippen LogP contribution in [-0.2, 0) is 20.9 Å². The van der Waals surface area contributed by atoms with Crippen molar-refractivity contribution >= 4 is 23.6 Å². The van der Waals surface area contributed by atoms with E-state index in [1.165, 1.54) is 0 Å². The third kappa shape index (κ3) is 7.08. The van der Waals surface area contributed by atoms with Gasteiger partial charge in [0, 0.05) is 19.0 Å². The van der Waals surface area contributed by atoms with Crippen LogP contribution >= 0.6 is 0 Å². The average Bonchev–Trinajstić information content (AvgIpc) is 3.28. The molecule has 0 bridgehead atoms. The Morgan fingerprint density at radius 2 is 1.91 bits per heavy atom. The second-order valence-corrected chi connectivity index (χ2v) is 8.60. The Kier molecular flexibility index (Phi) is 9.08. The van der Waals surface area contributed by atoms with Gasteiger partial charge in [-0.3, -0.25) is 20.0 Å². The van der Waals surface area contributed by atoms with Crippen LogP contribution in [0.2, 0.25) is 0 Å². The first-order chi connectivity index (χ1) is 16.3. The van der Waals surface area contributed by atoms with Crippen molar-refractivity contribution in [2.45, 2.75) is 64.0 Å². The Morgan fingerprint density at radius 3 is 2.62 bits per heavy atom. The molecule has 0 saturated heterocycles. The molecular weight excluding hydrogens is 442 g/mol. The van der Waals surface area contributed by atoms with Crippen molar-refractivity contribution in [3.63, 3.8) is 0 Å². The number of nitrogens with one attached hydrogen (secondary N) is 3. The molecule has 0 spiro atoms. The van der Waals surface area contributed by atoms with Crippen molar-refractivity contribution < 1.29 is 29.0 Å². The molecule has 34 heavy (non-hydrogen) atoms. The fourth-order valence-electron chi connectivity index (χ4n) is 4.28. The fraction of sp³-hybridized carbons (Fsp3) is 0.565. The number of aliphatic carboxylic acids is 1. The molecule has 186 valence electrons. The number of guanidine groups is 1. The summed E-state index contributed by atoms with van der Waals surface area (Å²) in [6.07, 6.45) is 4.72. The summed E-state index contributed by atoms with van der Waals surface area (Å²) in [6.45, 7) is 0.593. The molecule has 3 rings (SSSR count). The Bertz CT molecular complexity index is 902. The van der Waals surface area contributed by atoms with E-state index in [-0.39, 0.29) is 43.8 Å². The first-order valence-corrected chi connectivity index (χ1v) is 11.6. The van der Waals surface area contributed by atoms with Gasteiger partial charge in [0.1, 0.15) is 11.8 Å². The Hall–Kier alpha value is -3.34. The van der Waals surface area contributed by atoms with Crippen LogP contribution in [0.25, 0.3) is 0 Å². The standard InChI is InChI=1S/C23H33N5O6/c24-23(25)26-10-4-7-17(22(31)32)28(21(30)12-18(29)16-5-2-1-3-6-16)27-13-15-8-9-19-20(11-15)34-14-33-19/h8-9,11,16-17,27H,1-7,10,12-14H2,(H,31,32)(H4,24,25,26)/t17-/m0/s1. The molecule has 1 saturated carbocycles. The lowest BCUT2D eigenvalue weighted by Gasteiger charge is -2.30. The number of carbonyl (C=O) groups excluding carboxylic acids is 2. The number of carboxylic acids is 1. The van der Waals surface area contributed by atoms with Gasteiger partial charge in [0.2, 0.25) is 12.7 Å². The number of nitrogens with two attached hydrogens (primary N) is 1. The molecule has 11 nitrogen and oxygen atoms in total. The zero-order chi connectivity index (χ0) is 24.5. The van der Waals surface area contributed by atoms with E-state index in [2.05, 4.69) is 10.7 Å². The summed E-state index contributed by atoms with van der Waals surface area (Å²) in [5.41, 5.74) is 8.98. The Morgan fingerprint density at radius 1 is 1.18 bits per heavy atom. The number of fused-ring (bicyclic) bond motifs is 1. The molecule has 0 radical (unpaired) electrons. The van der Waals surface area contributed by atoms with E-state index in [1.54, 1.807) is 18.2 Å². The first kappa shape index (κ1) is 25.3. The van der Waals surface area contributed by atoms with Crippen molar-refractivity contribution in [3.05, 3.63) is 23.8 Å². The lowest BCUT2D eigenvalue weighted by Crippen LogP contribution is -2.53. The highest BCUT2D eigenvalue weighted by Gasteiger charge is 2.32. The number of carboxylic acid groups (broad SMARTS) is 1. The molecule has 2 aliphatic rings. The number of benzene rings is 1. The highest BCUT2D eigenvalue weighted by Crippen LogP contribution is 2.32. The zero-order valence-electron chi connectivity index (χ0n) is 19.2. The molecule has 1 atom stereocenters. The second-order valence-electron chi connectivity index (χ2n) is 8.60. The predicted molar refractivity (Wildman–Crippen MR) is 123 cm³/mol. The van der Waals surface area contributed by atoms with Crippen LogP contribution in [0.5, 0.6) is 11.5 Å². The maximum absolute atomic E-state index is 13.2. The largest absolute Gasteiger partial charge is 0.480 e. The molecule has 11 heteroatoms. The predicted octanol–water partition coefficient (Wildman–Crippen LogP) is 1.50. The minimum absolute atomic E-state index is 0.118. The smallest absolute Gasteiger partial charge is 0.328 e. The van der Waals surface area contributed by atoms with Crippen LogP contribution in [0.1, 0.15) is 56.9 Å². The Labute approximate surface area is 198 Å². The van der Waals surface area contributed by atoms with Gasteiger partial charge in [-0.1, -0.05) is 25.3 Å². The van der Waals surface area contributed by atoms with E-state index in [0.29, 0.717) is 24.5 Å². The molecule has 0 unspecified atom stereocenters. The number of carbonyl (C=O) groups is 3. The number of ketones is 1. The van der Waals surface area contributed by atoms with Crippen LogP contribution in [-0.4, -0.2) is 53.1 Å². The number of ether oxygens (including phenoxy) is 2. The van der Waals surface area contributed by atoms with Crippen LogP contribution in [0.15, 0.2) is 18.2 Å². The number of hydrogen-bond donors (Lipinski definition) is 5. The van der Waals surface area contributed by atoms with Gasteiger partial charge in [-0.05, 0) is 43.4 Å². The van der Waals surface area contributed by atoms with Gasteiger partial charge in [0.05, 0.1) is 6.42 Å². The molecule has 1 aromatic carbocycles. The van der Waals surface area contributed by atoms with Crippen LogP contribution in [0.3, 0.4) is 0 Å². The maximum atomic E-state index is 13.2. The van der Waals surface area contributed by atoms with Crippen molar-refractivity contribution in [3.8, 4) is 11.5 Å². The SMILES string of the molecule is N=C(N)NCCC[C@@H](C(=O)O)N(NCc1ccc2c(c1)OCO2)C(=O)CC(=O)C1CCCCC1. The van der Waals surface area contributed by atoms with Gasteiger partial charge >= 0.3 is 5.97 Å². The number of nitrogens with zero attached hydrogens (tertiary/aromatic N) is 1. The quantitative estimate of drug-likeness (QED) is 0.0989. The van der Waals surface area contributed by atoms with Gasteiger partial charge in [0.25, 0.3) is 0 Å². The lowest BCUT2D eigenvalue weighted by atomic mass is 9.85. The van der Waals surface area contributed by atoms with Gasteiger partial charge in [-0.2, -0.15) is 0 Å². The summed E-state index contributed by atoms with van der Waals surface area (Å²) in [6, 6.07) is 4.12. The molecule has 1 aliphatic carbocycles. The van der Waals surface area contributed by atoms with Crippen molar-refractivity contribution in [2.24, 2.45) is 11.7 Å². The van der Waals surface area contributed by atoms with Gasteiger partial charge in [0.15, 0.2) is 17.5 Å². The van der Waals surface area contributed by atoms with Gasteiger partial charge in [-0.25, -0.2) is 10.2 Å². The summed E-state index contributed by atoms with van der Waals surface area (Å²) in [5, 5.41) is 20.8. The summed E-state index contributed by atoms with van der Waals surface area (Å²) in [4.78, 5) is 38.0. The number of Topliss-reactive ketones (excluding diaryl/α,β-unsaturated/α-hetero) is 1. The molecule has 1 fully saturated rings. The third-order valence-electron chi connectivity index (χ3n) is 6.11. The summed E-state index contributed by atoms with van der Waals surface area (Å²) < 4.78 is 10.7. The van der Waals surface area contributed by atoms with Crippen molar-refractivity contribution in [1.29, 1.82) is 5.41 Å². The lowest BCUT2D eigenvalue weighted by molar-refractivity contribution is -0.155. The minimum Gasteiger partial charge on any atom is -0.480 e. The topological polar surface area (TPSA) is 167 Å². The zero-order valence-corrected chi connectivity index (χ0v) is 19.2. The van der Waals surface area contributed by atoms with E-state index in [9.17, 15) is 19.5 Å². The maximum Gasteiger partial charge on any atom is 0.328 e. The summed E-state index contributed by atoms with van der Waals surface area (Å²) in [7, 11) is 0. The molecule has 6 N–H and O–H groups in total. The third-order valence-corrected chi connectivity index (χ3v) is 6.11. The van der Waals surface area contributed by atoms with Crippen LogP contribution < -0.4 is 25.9 Å². The number of hydrogen-bond acceptors (Lipinski definition) is 7. The first-order valence-electron chi connectivity index (χ1n) is 11.6. The Balaban J connectivity index is 1.70. The second kappa shape index (κ2) is 12.2. The number of amides is 1. The van der Waals surface area contributed by atoms with E-state index >= 15 is 0 Å². The number of rotatable bonds is 12. The molecule has 1 aromatic rings. The molecule has 0 aromatic heterocycles. The highest BCUT2D eigenvalue weighted by atomic mass is 16.7. The number of hydrazine groups is 1. The van der Waals surface area contributed by atoms with Crippen molar-refractivity contribution in [2.75, 3.05) is 13.3 Å². The summed E-state index contributed by atoms with van der Waals surface area (Å²) >= 11 is 0. The van der Waals surface area contributed by atoms with E-state index in [4.69, 9.17) is 20.6 Å². The van der Waals surface area contributed by atoms with E-state index in [1.807, 2.05) is 0 Å². The summed E-state index contributed by atoms with van der Waals surface area (Å²) in [5.74, 6) is -1.04. The average molecular weight is 476 g/mol. The molecular formula is C23H33N5O6. The normalized spacial score (nSPS) is 16.0. The van der Waals surface area contributed by atoms with Crippen molar-refractivity contribution in [1.82, 2.24) is 15.8 Å². The van der Waals surface area contributed by atoms with Crippen LogP contribution in [0.4, 0.5) is 0 Å². The van der Waals surface area contributed by atoms with Gasteiger partial charge < -0.3 is 25.6 Å². The van der Waals surface area contributed by atoms with Gasteiger partial charge in [-0.15, -0.1) is 0 Å². The highest BCUT2D eigenvalue weighted by molar-refractivity contribution is 6.00. The molecule has 1 heterocycles. The molecule has 1 aliphatic heterocycles. The monoisotopic (exact) mass is 475 g/mol. The fourth-order valence-corrected chi connectivity index (χ4v) is 4.28. The molecule has 1 amide bonds. The minimum atomic E-state index is -1.19. The van der Waals surface area contributed by atoms with E-state index < -0.39 is 17.9 Å². The van der Waals surface area contributed by atoms with Crippen LogP contribution in [0, 0.1) is 11.3 Å². The van der Waals surface area contributed by atoms with E-state index in [0.717, 1.165) is 42.7 Å².